The summed E-state index contributed by atoms with van der Waals surface area (Å²) in [5, 5.41) is 26.3. The second-order valence-electron chi connectivity index (χ2n) is 12.9. The lowest BCUT2D eigenvalue weighted by molar-refractivity contribution is -0.384. The number of aliphatic hydroxyl groups is 1. The van der Waals surface area contributed by atoms with Gasteiger partial charge in [0.1, 0.15) is 0 Å². The average molecular weight is 680 g/mol. The number of urea groups is 1. The number of piperazine rings is 1. The number of non-ortho nitro benzene ring substituents is 1. The molecule has 2 aliphatic heterocycles. The Morgan fingerprint density at radius 1 is 0.860 bits per heavy atom. The molecular formula is C39H45N5O6. The number of nitro groups is 1. The van der Waals surface area contributed by atoms with E-state index in [4.69, 9.17) is 9.47 Å². The highest BCUT2D eigenvalue weighted by Gasteiger charge is 2.39. The van der Waals surface area contributed by atoms with Gasteiger partial charge in [0.2, 0.25) is 0 Å². The molecule has 2 heterocycles. The van der Waals surface area contributed by atoms with E-state index in [9.17, 15) is 20.0 Å². The Kier molecular flexibility index (Phi) is 11.4. The Morgan fingerprint density at radius 3 is 2.22 bits per heavy atom. The van der Waals surface area contributed by atoms with Crippen molar-refractivity contribution in [3.8, 4) is 11.1 Å². The summed E-state index contributed by atoms with van der Waals surface area (Å²) in [5.41, 5.74) is 7.03. The van der Waals surface area contributed by atoms with Gasteiger partial charge in [-0.3, -0.25) is 15.0 Å². The van der Waals surface area contributed by atoms with Crippen LogP contribution in [0.5, 0.6) is 0 Å². The number of hydrogen-bond acceptors (Lipinski definition) is 8. The van der Waals surface area contributed by atoms with Crippen molar-refractivity contribution >= 4 is 17.4 Å². The van der Waals surface area contributed by atoms with Gasteiger partial charge in [0, 0.05) is 75.1 Å². The number of ether oxygens (including phenoxy) is 2. The lowest BCUT2D eigenvalue weighted by Gasteiger charge is -2.44. The first-order valence-electron chi connectivity index (χ1n) is 17.2. The number of amides is 2. The fourth-order valence-corrected chi connectivity index (χ4v) is 6.66. The molecule has 262 valence electrons. The first-order chi connectivity index (χ1) is 24.3. The highest BCUT2D eigenvalue weighted by molar-refractivity contribution is 5.74. The van der Waals surface area contributed by atoms with Gasteiger partial charge in [-0.1, -0.05) is 73.7 Å². The van der Waals surface area contributed by atoms with Crippen LogP contribution >= 0.6 is 0 Å². The van der Waals surface area contributed by atoms with Crippen LogP contribution in [-0.4, -0.2) is 66.3 Å². The van der Waals surface area contributed by atoms with Crippen LogP contribution in [0.25, 0.3) is 11.1 Å². The third-order valence-electron chi connectivity index (χ3n) is 9.59. The number of nitrogens with zero attached hydrogens (tertiary/aromatic N) is 3. The Morgan fingerprint density at radius 2 is 1.56 bits per heavy atom. The van der Waals surface area contributed by atoms with Gasteiger partial charge < -0.3 is 30.1 Å². The second-order valence-corrected chi connectivity index (χ2v) is 12.9. The molecule has 2 fully saturated rings. The normalized spacial score (nSPS) is 21.1. The maximum absolute atomic E-state index is 11.9. The molecule has 6 rings (SSSR count). The molecule has 4 aromatic carbocycles. The molecule has 2 amide bonds. The second kappa shape index (κ2) is 16.3. The predicted molar refractivity (Wildman–Crippen MR) is 193 cm³/mol. The highest BCUT2D eigenvalue weighted by Crippen LogP contribution is 2.42. The first-order valence-corrected chi connectivity index (χ1v) is 17.2. The minimum Gasteiger partial charge on any atom is -0.392 e. The Hall–Kier alpha value is -4.81. The quantitative estimate of drug-likeness (QED) is 0.127. The van der Waals surface area contributed by atoms with E-state index in [1.807, 2.05) is 55.5 Å². The number of carbonyl (C=O) groups is 1. The van der Waals surface area contributed by atoms with Crippen LogP contribution in [0.15, 0.2) is 97.1 Å². The van der Waals surface area contributed by atoms with Crippen LogP contribution in [0.2, 0.25) is 0 Å². The van der Waals surface area contributed by atoms with Crippen LogP contribution in [0.3, 0.4) is 0 Å². The van der Waals surface area contributed by atoms with Crippen LogP contribution in [-0.2, 0) is 22.6 Å². The van der Waals surface area contributed by atoms with Crippen molar-refractivity contribution in [2.45, 2.75) is 45.5 Å². The molecule has 0 spiro atoms. The van der Waals surface area contributed by atoms with E-state index in [0.29, 0.717) is 13.1 Å². The van der Waals surface area contributed by atoms with Gasteiger partial charge in [-0.05, 0) is 52.9 Å². The molecule has 11 heteroatoms. The standard InChI is InChI=1S/C39H45N5O6/c1-3-40-39(46)41-24-29-5-4-6-33(23-29)30-11-13-32(14-12-30)38-49-36(27(2)37(50-38)31-9-7-28(26-45)8-10-31)25-42-19-21-43(22-20-42)34-15-17-35(18-16-34)44(47)48/h4-18,23,27,36-38,45H,3,19-22,24-26H2,1-2H3,(H2,40,41,46)/t27-,36+,37+,38+/m1/s1. The van der Waals surface area contributed by atoms with Gasteiger partial charge in [-0.25, -0.2) is 4.79 Å². The summed E-state index contributed by atoms with van der Waals surface area (Å²) in [6, 6.07) is 30.9. The van der Waals surface area contributed by atoms with E-state index in [2.05, 4.69) is 63.8 Å². The molecule has 0 aliphatic carbocycles. The van der Waals surface area contributed by atoms with Gasteiger partial charge >= 0.3 is 6.03 Å². The van der Waals surface area contributed by atoms with E-state index in [-0.39, 0.29) is 41.4 Å². The van der Waals surface area contributed by atoms with Crippen LogP contribution in [0.4, 0.5) is 16.2 Å². The maximum atomic E-state index is 11.9. The molecule has 11 nitrogen and oxygen atoms in total. The van der Waals surface area contributed by atoms with Gasteiger partial charge in [0.05, 0.1) is 23.7 Å². The average Bonchev–Trinajstić information content (AvgIpc) is 3.15. The Bertz CT molecular complexity index is 1730. The van der Waals surface area contributed by atoms with Gasteiger partial charge in [-0.15, -0.1) is 0 Å². The fourth-order valence-electron chi connectivity index (χ4n) is 6.66. The Balaban J connectivity index is 1.15. The molecule has 0 saturated carbocycles. The zero-order valence-electron chi connectivity index (χ0n) is 28.5. The molecule has 4 atom stereocenters. The van der Waals surface area contributed by atoms with E-state index in [1.165, 1.54) is 0 Å². The Labute approximate surface area is 293 Å². The third kappa shape index (κ3) is 8.48. The number of aliphatic hydroxyl groups excluding tert-OH is 1. The predicted octanol–water partition coefficient (Wildman–Crippen LogP) is 6.19. The number of nitrogens with one attached hydrogen (secondary N) is 2. The molecule has 2 aliphatic rings. The number of benzene rings is 4. The summed E-state index contributed by atoms with van der Waals surface area (Å²) in [6.07, 6.45) is -0.876. The van der Waals surface area contributed by atoms with Crippen molar-refractivity contribution in [1.29, 1.82) is 0 Å². The molecule has 0 unspecified atom stereocenters. The molecule has 0 aromatic heterocycles. The molecular weight excluding hydrogens is 634 g/mol. The first kappa shape index (κ1) is 35.0. The van der Waals surface area contributed by atoms with E-state index < -0.39 is 6.29 Å². The van der Waals surface area contributed by atoms with E-state index >= 15 is 0 Å². The van der Waals surface area contributed by atoms with Crippen LogP contribution in [0.1, 0.15) is 48.5 Å². The SMILES string of the molecule is CCNC(=O)NCc1cccc(-c2ccc([C@H]3O[C@@H](CN4CCN(c5ccc([N+](=O)[O-])cc5)CC4)[C@@H](C)[C@@H](c4ccc(CO)cc4)O3)cc2)c1. The van der Waals surface area contributed by atoms with Crippen molar-refractivity contribution in [2.75, 3.05) is 44.2 Å². The minimum atomic E-state index is -0.568. The van der Waals surface area contributed by atoms with Crippen LogP contribution in [0, 0.1) is 16.0 Å². The molecule has 0 radical (unpaired) electrons. The number of carbonyl (C=O) groups excluding carboxylic acids is 1. The number of anilines is 1. The third-order valence-corrected chi connectivity index (χ3v) is 9.59. The number of nitro benzene ring substituents is 1. The molecule has 3 N–H and O–H groups in total. The smallest absolute Gasteiger partial charge is 0.315 e. The summed E-state index contributed by atoms with van der Waals surface area (Å²) in [6.45, 7) is 9.13. The molecule has 0 bridgehead atoms. The summed E-state index contributed by atoms with van der Waals surface area (Å²) in [4.78, 5) is 27.3. The summed E-state index contributed by atoms with van der Waals surface area (Å²) in [5.74, 6) is 0.0639. The number of rotatable bonds is 11. The van der Waals surface area contributed by atoms with Gasteiger partial charge in [0.25, 0.3) is 5.69 Å². The van der Waals surface area contributed by atoms with Crippen molar-refractivity contribution in [3.05, 3.63) is 129 Å². The highest BCUT2D eigenvalue weighted by atomic mass is 16.7. The zero-order chi connectivity index (χ0) is 35.0. The van der Waals surface area contributed by atoms with Gasteiger partial charge in [0.15, 0.2) is 6.29 Å². The zero-order valence-corrected chi connectivity index (χ0v) is 28.5. The summed E-state index contributed by atoms with van der Waals surface area (Å²) >= 11 is 0. The molecule has 4 aromatic rings. The monoisotopic (exact) mass is 679 g/mol. The van der Waals surface area contributed by atoms with Gasteiger partial charge in [-0.2, -0.15) is 0 Å². The van der Waals surface area contributed by atoms with Crippen molar-refractivity contribution in [1.82, 2.24) is 15.5 Å². The van der Waals surface area contributed by atoms with Crippen molar-refractivity contribution in [2.24, 2.45) is 5.92 Å². The van der Waals surface area contributed by atoms with E-state index in [0.717, 1.165) is 71.8 Å². The lowest BCUT2D eigenvalue weighted by Crippen LogP contribution is -2.51. The lowest BCUT2D eigenvalue weighted by atomic mass is 9.89. The van der Waals surface area contributed by atoms with Crippen LogP contribution < -0.4 is 15.5 Å². The van der Waals surface area contributed by atoms with Crippen molar-refractivity contribution in [3.63, 3.8) is 0 Å². The fraction of sp³-hybridized carbons (Fsp3) is 0.359. The molecule has 50 heavy (non-hydrogen) atoms. The largest absolute Gasteiger partial charge is 0.392 e. The molecule has 2 saturated heterocycles. The summed E-state index contributed by atoms with van der Waals surface area (Å²) in [7, 11) is 0. The topological polar surface area (TPSA) is 129 Å². The summed E-state index contributed by atoms with van der Waals surface area (Å²) < 4.78 is 13.4. The maximum Gasteiger partial charge on any atom is 0.315 e. The van der Waals surface area contributed by atoms with Crippen molar-refractivity contribution < 1.29 is 24.3 Å². The minimum absolute atomic E-state index is 0.0124. The van der Waals surface area contributed by atoms with E-state index in [1.54, 1.807) is 12.1 Å². The number of hydrogen-bond donors (Lipinski definition) is 3.